The van der Waals surface area contributed by atoms with Crippen molar-refractivity contribution in [2.45, 2.75) is 11.5 Å². The summed E-state index contributed by atoms with van der Waals surface area (Å²) in [6.45, 7) is 0.409. The minimum atomic E-state index is -2.66. The lowest BCUT2D eigenvalue weighted by Crippen LogP contribution is -1.98. The number of nitrogens with zero attached hydrogens (tertiary/aromatic N) is 1. The highest BCUT2D eigenvalue weighted by atomic mass is 32.2. The number of rotatable bonds is 7. The average Bonchev–Trinajstić information content (AvgIpc) is 2.78. The van der Waals surface area contributed by atoms with E-state index in [9.17, 15) is 9.00 Å². The molecule has 0 saturated carbocycles. The molecule has 0 heterocycles. The third-order valence-electron chi connectivity index (χ3n) is 4.30. The van der Waals surface area contributed by atoms with Crippen molar-refractivity contribution >= 4 is 27.5 Å². The van der Waals surface area contributed by atoms with Crippen LogP contribution in [0.2, 0.25) is 0 Å². The van der Waals surface area contributed by atoms with E-state index in [0.717, 1.165) is 5.56 Å². The number of ether oxygens (including phenoxy) is 2. The summed E-state index contributed by atoms with van der Waals surface area (Å²) < 4.78 is 28.2. The van der Waals surface area contributed by atoms with Gasteiger partial charge in [0.1, 0.15) is 12.4 Å². The monoisotopic (exact) mass is 421 g/mol. The van der Waals surface area contributed by atoms with Gasteiger partial charge in [0.15, 0.2) is 0 Å². The van der Waals surface area contributed by atoms with E-state index >= 15 is 0 Å². The summed E-state index contributed by atoms with van der Waals surface area (Å²) in [5, 5.41) is 0. The van der Waals surface area contributed by atoms with E-state index in [4.69, 9.17) is 4.74 Å². The highest BCUT2D eigenvalue weighted by Gasteiger charge is 2.09. The maximum absolute atomic E-state index is 13.2. The van der Waals surface area contributed by atoms with Gasteiger partial charge < -0.3 is 9.47 Å². The topological polar surface area (TPSA) is 65.0 Å². The van der Waals surface area contributed by atoms with E-state index in [1.165, 1.54) is 13.2 Å². The normalized spacial score (nSPS) is 12.9. The summed E-state index contributed by atoms with van der Waals surface area (Å²) in [7, 11) is -1.35. The fourth-order valence-corrected chi connectivity index (χ4v) is 4.03. The van der Waals surface area contributed by atoms with Crippen molar-refractivity contribution < 1.29 is 18.5 Å². The quantitative estimate of drug-likeness (QED) is 0.387. The van der Waals surface area contributed by atoms with Gasteiger partial charge in [-0.2, -0.15) is 4.36 Å². The van der Waals surface area contributed by atoms with Gasteiger partial charge in [0, 0.05) is 22.8 Å². The van der Waals surface area contributed by atoms with Gasteiger partial charge in [0.05, 0.1) is 22.5 Å². The van der Waals surface area contributed by atoms with Gasteiger partial charge in [-0.15, -0.1) is 0 Å². The molecule has 3 aromatic carbocycles. The molecular formula is C24H23NO4S. The molecule has 1 atom stereocenters. The first-order valence-electron chi connectivity index (χ1n) is 9.32. The maximum atomic E-state index is 13.2. The van der Waals surface area contributed by atoms with Crippen molar-refractivity contribution in [3.05, 3.63) is 96.1 Å². The van der Waals surface area contributed by atoms with Crippen LogP contribution in [0.3, 0.4) is 0 Å². The van der Waals surface area contributed by atoms with Crippen LogP contribution in [0.25, 0.3) is 6.08 Å². The summed E-state index contributed by atoms with van der Waals surface area (Å²) in [6, 6.07) is 24.2. The molecule has 30 heavy (non-hydrogen) atoms. The third-order valence-corrected chi connectivity index (χ3v) is 5.99. The first-order valence-corrected chi connectivity index (χ1v) is 11.2. The van der Waals surface area contributed by atoms with E-state index in [0.29, 0.717) is 28.5 Å². The summed E-state index contributed by atoms with van der Waals surface area (Å²) in [5.74, 6) is 0.126. The van der Waals surface area contributed by atoms with Gasteiger partial charge in [0.25, 0.3) is 0 Å². The zero-order valence-electron chi connectivity index (χ0n) is 16.9. The van der Waals surface area contributed by atoms with E-state index < -0.39 is 15.7 Å². The molecular weight excluding hydrogens is 398 g/mol. The van der Waals surface area contributed by atoms with E-state index in [2.05, 4.69) is 9.10 Å². The van der Waals surface area contributed by atoms with E-state index in [1.807, 2.05) is 48.5 Å². The molecule has 0 spiro atoms. The highest BCUT2D eigenvalue weighted by Crippen LogP contribution is 2.29. The largest absolute Gasteiger partial charge is 0.489 e. The van der Waals surface area contributed by atoms with Crippen LogP contribution in [0.1, 0.15) is 11.1 Å². The van der Waals surface area contributed by atoms with Gasteiger partial charge in [-0.25, -0.2) is 9.00 Å². The number of hydrogen-bond acceptors (Lipinski definition) is 5. The summed E-state index contributed by atoms with van der Waals surface area (Å²) in [6.07, 6.45) is 4.48. The van der Waals surface area contributed by atoms with Gasteiger partial charge in [-0.3, -0.25) is 0 Å². The second kappa shape index (κ2) is 9.89. The maximum Gasteiger partial charge on any atom is 0.330 e. The number of esters is 1. The summed E-state index contributed by atoms with van der Waals surface area (Å²) >= 11 is 0. The molecule has 5 nitrogen and oxygen atoms in total. The fraction of sp³-hybridized carbons (Fsp3) is 0.125. The smallest absolute Gasteiger partial charge is 0.330 e. The number of benzene rings is 3. The number of carbonyl (C=O) groups excluding carboxylic acids is 1. The van der Waals surface area contributed by atoms with Crippen molar-refractivity contribution in [2.24, 2.45) is 4.36 Å². The van der Waals surface area contributed by atoms with Crippen LogP contribution in [0.5, 0.6) is 5.75 Å². The Bertz CT molecular complexity index is 1150. The average molecular weight is 422 g/mol. The van der Waals surface area contributed by atoms with Crippen LogP contribution < -0.4 is 4.74 Å². The predicted molar refractivity (Wildman–Crippen MR) is 119 cm³/mol. The van der Waals surface area contributed by atoms with Crippen molar-refractivity contribution in [1.82, 2.24) is 0 Å². The Kier molecular flexibility index (Phi) is 7.03. The molecule has 0 bridgehead atoms. The van der Waals surface area contributed by atoms with Crippen LogP contribution in [0, 0.1) is 0 Å². The molecule has 3 aromatic rings. The Labute approximate surface area is 177 Å². The lowest BCUT2D eigenvalue weighted by Gasteiger charge is -2.10. The molecule has 0 fully saturated rings. The fourth-order valence-electron chi connectivity index (χ4n) is 2.72. The summed E-state index contributed by atoms with van der Waals surface area (Å²) in [5.41, 5.74) is 2.15. The number of hydrogen-bond donors (Lipinski definition) is 0. The zero-order chi connectivity index (χ0) is 21.4. The predicted octanol–water partition coefficient (Wildman–Crippen LogP) is 5.24. The molecule has 0 aliphatic rings. The van der Waals surface area contributed by atoms with Crippen LogP contribution in [-0.2, 0) is 25.9 Å². The highest BCUT2D eigenvalue weighted by molar-refractivity contribution is 7.93. The Balaban J connectivity index is 1.95. The molecule has 0 aliphatic heterocycles. The molecule has 0 N–H and O–H groups in total. The van der Waals surface area contributed by atoms with Crippen LogP contribution in [-0.4, -0.2) is 23.5 Å². The molecule has 154 valence electrons. The Morgan fingerprint density at radius 1 is 1.00 bits per heavy atom. The molecule has 1 unspecified atom stereocenters. The Hall–Kier alpha value is -3.38. The first-order chi connectivity index (χ1) is 14.5. The van der Waals surface area contributed by atoms with Crippen LogP contribution in [0.4, 0.5) is 5.69 Å². The molecule has 0 saturated heterocycles. The minimum absolute atomic E-state index is 0.409. The lowest BCUT2D eigenvalue weighted by molar-refractivity contribution is -0.134. The molecule has 0 radical (unpaired) electrons. The van der Waals surface area contributed by atoms with Gasteiger partial charge in [-0.1, -0.05) is 48.5 Å². The standard InChI is InChI=1S/C24H23NO4S/c1-28-24(26)16-13-20-17-21(29-18-19-9-5-3-6-10-19)14-15-23(20)25-30(2,27)22-11-7-4-8-12-22/h3-17H,18H2,1-2H3/b16-13+. The lowest BCUT2D eigenvalue weighted by atomic mass is 10.1. The molecule has 6 heteroatoms. The van der Waals surface area contributed by atoms with Crippen LogP contribution >= 0.6 is 0 Å². The van der Waals surface area contributed by atoms with E-state index in [1.54, 1.807) is 42.7 Å². The molecule has 3 rings (SSSR count). The van der Waals surface area contributed by atoms with Gasteiger partial charge >= 0.3 is 5.97 Å². The van der Waals surface area contributed by atoms with E-state index in [-0.39, 0.29) is 0 Å². The van der Waals surface area contributed by atoms with Crippen molar-refractivity contribution in [1.29, 1.82) is 0 Å². The summed E-state index contributed by atoms with van der Waals surface area (Å²) in [4.78, 5) is 12.2. The van der Waals surface area contributed by atoms with Gasteiger partial charge in [-0.05, 0) is 42.0 Å². The number of methoxy groups -OCH3 is 1. The molecule has 0 aliphatic carbocycles. The molecule has 0 amide bonds. The Morgan fingerprint density at radius 2 is 1.67 bits per heavy atom. The zero-order valence-corrected chi connectivity index (χ0v) is 17.7. The SMILES string of the molecule is COC(=O)/C=C/c1cc(OCc2ccccc2)ccc1N=S(C)(=O)c1ccccc1. The Morgan fingerprint density at radius 3 is 2.33 bits per heavy atom. The van der Waals surface area contributed by atoms with Gasteiger partial charge in [0.2, 0.25) is 0 Å². The first kappa shape index (κ1) is 21.3. The second-order valence-electron chi connectivity index (χ2n) is 6.56. The third kappa shape index (κ3) is 5.81. The van der Waals surface area contributed by atoms with Crippen molar-refractivity contribution in [3.8, 4) is 5.75 Å². The molecule has 0 aromatic heterocycles. The van der Waals surface area contributed by atoms with Crippen molar-refractivity contribution in [2.75, 3.05) is 13.4 Å². The minimum Gasteiger partial charge on any atom is -0.489 e. The number of carbonyl (C=O) groups is 1. The van der Waals surface area contributed by atoms with Crippen molar-refractivity contribution in [3.63, 3.8) is 0 Å². The van der Waals surface area contributed by atoms with Crippen LogP contribution in [0.15, 0.2) is 94.2 Å². The second-order valence-corrected chi connectivity index (χ2v) is 8.82.